The number of aromatic amines is 1. The molecule has 2 unspecified atom stereocenters. The third kappa shape index (κ3) is 4.93. The number of nitrogens with zero attached hydrogens (tertiary/aromatic N) is 7. The van der Waals surface area contributed by atoms with Crippen LogP contribution in [0.1, 0.15) is 18.7 Å². The summed E-state index contributed by atoms with van der Waals surface area (Å²) < 4.78 is 38.4. The fraction of sp³-hybridized carbons (Fsp3) is 0.500. The molecular formula is C20H24N10O9P2. The second-order valence-electron chi connectivity index (χ2n) is 9.44. The minimum Gasteiger partial charge on any atom is -0.382 e. The normalized spacial score (nSPS) is 32.9. The van der Waals surface area contributed by atoms with Gasteiger partial charge in [0.25, 0.3) is 5.56 Å². The highest BCUT2D eigenvalue weighted by Gasteiger charge is 2.45. The van der Waals surface area contributed by atoms with E-state index in [1.54, 1.807) is 9.13 Å². The quantitative estimate of drug-likeness (QED) is 0.181. The van der Waals surface area contributed by atoms with Gasteiger partial charge in [0, 0.05) is 6.42 Å². The van der Waals surface area contributed by atoms with Crippen molar-refractivity contribution in [1.29, 1.82) is 0 Å². The molecule has 3 saturated heterocycles. The fourth-order valence-electron chi connectivity index (χ4n) is 5.13. The summed E-state index contributed by atoms with van der Waals surface area (Å²) in [6.45, 7) is -0.144. The van der Waals surface area contributed by atoms with Crippen molar-refractivity contribution in [3.8, 4) is 0 Å². The molecule has 0 saturated carbocycles. The van der Waals surface area contributed by atoms with Crippen molar-refractivity contribution < 1.29 is 37.4 Å². The van der Waals surface area contributed by atoms with Crippen molar-refractivity contribution in [2.75, 3.05) is 31.3 Å². The molecule has 3 fully saturated rings. The first-order valence-electron chi connectivity index (χ1n) is 12.4. The van der Waals surface area contributed by atoms with Gasteiger partial charge < -0.3 is 53.4 Å². The van der Waals surface area contributed by atoms with Crippen molar-refractivity contribution in [2.24, 2.45) is 0 Å². The lowest BCUT2D eigenvalue weighted by Crippen LogP contribution is -2.34. The van der Waals surface area contributed by atoms with Gasteiger partial charge in [-0.05, 0) is 0 Å². The van der Waals surface area contributed by atoms with Crippen LogP contribution in [-0.4, -0.2) is 93.1 Å². The summed E-state index contributed by atoms with van der Waals surface area (Å²) >= 11 is 0. The standard InChI is InChI=1S/C20H24N10O9P2/c21-16-13-17(24-5-23-16)30(7-25-13)12-1-9-10(37-12)3-35-41(33)39-15-8(2-34-11(15)4-36-40(32)38-9)29-6-26-14-18(29)27-20(22)28-19(14)31/h5-12,15,32-33H,1-4H2,(H2,21,23,24)(H3,22,27,28,31)/t8-,9+,10-,11-,12-,15+,40?,41?/m1/s1. The molecule has 0 amide bonds. The van der Waals surface area contributed by atoms with Crippen molar-refractivity contribution in [2.45, 2.75) is 43.1 Å². The number of hydrogen-bond donors (Lipinski definition) is 5. The Labute approximate surface area is 231 Å². The van der Waals surface area contributed by atoms with E-state index < -0.39 is 59.4 Å². The third-order valence-corrected chi connectivity index (χ3v) is 8.66. The van der Waals surface area contributed by atoms with Gasteiger partial charge >= 0.3 is 17.2 Å². The van der Waals surface area contributed by atoms with Gasteiger partial charge in [0.1, 0.15) is 36.4 Å². The summed E-state index contributed by atoms with van der Waals surface area (Å²) in [7, 11) is -4.79. The van der Waals surface area contributed by atoms with Gasteiger partial charge in [-0.3, -0.25) is 14.3 Å². The molecule has 7 N–H and O–H groups in total. The smallest absolute Gasteiger partial charge is 0.330 e. The van der Waals surface area contributed by atoms with Crippen LogP contribution in [0.3, 0.4) is 0 Å². The van der Waals surface area contributed by atoms with E-state index in [1.165, 1.54) is 19.0 Å². The monoisotopic (exact) mass is 610 g/mol. The number of rotatable bonds is 2. The van der Waals surface area contributed by atoms with Crippen LogP contribution in [0.15, 0.2) is 23.8 Å². The molecule has 3 aliphatic rings. The van der Waals surface area contributed by atoms with Crippen molar-refractivity contribution in [3.63, 3.8) is 0 Å². The Morgan fingerprint density at radius 2 is 1.66 bits per heavy atom. The lowest BCUT2D eigenvalue weighted by atomic mass is 10.1. The number of anilines is 2. The molecule has 0 aliphatic carbocycles. The summed E-state index contributed by atoms with van der Waals surface area (Å²) in [5.41, 5.74) is 12.3. The molecule has 7 heterocycles. The summed E-state index contributed by atoms with van der Waals surface area (Å²) in [5, 5.41) is 0. The zero-order chi connectivity index (χ0) is 28.2. The van der Waals surface area contributed by atoms with Gasteiger partial charge in [-0.25, -0.2) is 19.9 Å². The first kappa shape index (κ1) is 26.9. The van der Waals surface area contributed by atoms with Gasteiger partial charge in [-0.1, -0.05) is 0 Å². The molecule has 3 aliphatic heterocycles. The molecule has 0 spiro atoms. The van der Waals surface area contributed by atoms with E-state index in [-0.39, 0.29) is 42.8 Å². The van der Waals surface area contributed by atoms with E-state index in [4.69, 9.17) is 39.0 Å². The molecule has 41 heavy (non-hydrogen) atoms. The largest absolute Gasteiger partial charge is 0.382 e. The molecular weight excluding hydrogens is 586 g/mol. The number of nitrogen functional groups attached to an aromatic ring is 2. The van der Waals surface area contributed by atoms with Gasteiger partial charge in [-0.2, -0.15) is 4.98 Å². The maximum atomic E-state index is 12.3. The average molecular weight is 610 g/mol. The van der Waals surface area contributed by atoms with Crippen LogP contribution < -0.4 is 17.0 Å². The topological polar surface area (TPSA) is 255 Å². The maximum absolute atomic E-state index is 12.3. The number of H-pyrrole nitrogens is 1. The molecule has 19 nitrogen and oxygen atoms in total. The maximum Gasteiger partial charge on any atom is 0.330 e. The first-order valence-corrected chi connectivity index (χ1v) is 14.6. The molecule has 8 atom stereocenters. The van der Waals surface area contributed by atoms with Crippen LogP contribution >= 0.6 is 17.2 Å². The minimum absolute atomic E-state index is 0.0810. The number of nitrogens with one attached hydrogen (secondary N) is 1. The van der Waals surface area contributed by atoms with Gasteiger partial charge in [0.2, 0.25) is 5.95 Å². The van der Waals surface area contributed by atoms with Crippen LogP contribution in [0.5, 0.6) is 0 Å². The molecule has 4 aromatic heterocycles. The number of ether oxygens (including phenoxy) is 2. The Bertz CT molecular complexity index is 1640. The van der Waals surface area contributed by atoms with Crippen LogP contribution in [-0.2, 0) is 27.6 Å². The van der Waals surface area contributed by atoms with Crippen LogP contribution in [0.4, 0.5) is 11.8 Å². The van der Waals surface area contributed by atoms with E-state index in [9.17, 15) is 14.6 Å². The highest BCUT2D eigenvalue weighted by molar-refractivity contribution is 7.40. The molecule has 0 aromatic carbocycles. The summed E-state index contributed by atoms with van der Waals surface area (Å²) in [6.07, 6.45) is 1.06. The van der Waals surface area contributed by atoms with Crippen LogP contribution in [0.25, 0.3) is 22.3 Å². The number of hydrogen-bond acceptors (Lipinski definition) is 16. The van der Waals surface area contributed by atoms with E-state index in [0.29, 0.717) is 17.6 Å². The minimum atomic E-state index is -2.43. The second-order valence-corrected chi connectivity index (χ2v) is 11.3. The molecule has 218 valence electrons. The fourth-order valence-corrected chi connectivity index (χ4v) is 6.74. The Morgan fingerprint density at radius 1 is 0.902 bits per heavy atom. The predicted octanol–water partition coefficient (Wildman–Crippen LogP) is -0.393. The van der Waals surface area contributed by atoms with E-state index in [0.717, 1.165) is 0 Å². The summed E-state index contributed by atoms with van der Waals surface area (Å²) in [5.74, 6) is 0.150. The number of fused-ring (bicyclic) bond motifs is 4. The Kier molecular flexibility index (Phi) is 7.03. The number of nitrogens with two attached hydrogens (primary N) is 2. The summed E-state index contributed by atoms with van der Waals surface area (Å²) in [4.78, 5) is 56.9. The zero-order valence-corrected chi connectivity index (χ0v) is 22.7. The highest BCUT2D eigenvalue weighted by atomic mass is 31.2. The predicted molar refractivity (Wildman–Crippen MR) is 140 cm³/mol. The van der Waals surface area contributed by atoms with Gasteiger partial charge in [0.05, 0.1) is 44.6 Å². The van der Waals surface area contributed by atoms with Crippen LogP contribution in [0, 0.1) is 0 Å². The first-order chi connectivity index (χ1) is 19.9. The van der Waals surface area contributed by atoms with E-state index in [1.807, 2.05) is 0 Å². The lowest BCUT2D eigenvalue weighted by molar-refractivity contribution is -0.0483. The van der Waals surface area contributed by atoms with E-state index >= 15 is 0 Å². The van der Waals surface area contributed by atoms with Gasteiger partial charge in [-0.15, -0.1) is 0 Å². The Morgan fingerprint density at radius 3 is 2.51 bits per heavy atom. The van der Waals surface area contributed by atoms with Crippen LogP contribution in [0.2, 0.25) is 0 Å². The molecule has 0 bridgehead atoms. The van der Waals surface area contributed by atoms with Crippen molar-refractivity contribution in [1.82, 2.24) is 39.0 Å². The number of imidazole rings is 2. The van der Waals surface area contributed by atoms with Gasteiger partial charge in [0.15, 0.2) is 22.6 Å². The van der Waals surface area contributed by atoms with Crippen molar-refractivity contribution in [3.05, 3.63) is 29.3 Å². The SMILES string of the molecule is Nc1nc2c(ncn2[C@@H]2CO[C@@H]3COP(O)O[C@H]4C[C@H](n5cnc6c(N)ncnc65)O[C@@H]4COP(O)O[C@@H]23)c(=O)[nH]1. The average Bonchev–Trinajstić information content (AvgIpc) is 3.71. The molecule has 4 aromatic rings. The second kappa shape index (κ2) is 10.7. The molecule has 7 rings (SSSR count). The number of aromatic nitrogens is 8. The third-order valence-electron chi connectivity index (χ3n) is 7.05. The highest BCUT2D eigenvalue weighted by Crippen LogP contribution is 2.47. The Hall–Kier alpha value is -2.96. The molecule has 21 heteroatoms. The molecule has 0 radical (unpaired) electrons. The van der Waals surface area contributed by atoms with Crippen molar-refractivity contribution >= 4 is 51.3 Å². The summed E-state index contributed by atoms with van der Waals surface area (Å²) in [6, 6.07) is -0.583. The van der Waals surface area contributed by atoms with E-state index in [2.05, 4.69) is 29.9 Å². The lowest BCUT2D eigenvalue weighted by Gasteiger charge is -2.28. The Balaban J connectivity index is 1.11. The zero-order valence-electron chi connectivity index (χ0n) is 21.0.